The normalized spacial score (nSPS) is 40.4. The minimum Gasteiger partial charge on any atom is -0.497 e. The van der Waals surface area contributed by atoms with E-state index in [4.69, 9.17) is 28.8 Å². The number of carboxylic acid groups (broad SMARTS) is 1. The third-order valence-electron chi connectivity index (χ3n) is 13.4. The largest absolute Gasteiger partial charge is 0.497 e. The first-order valence-corrected chi connectivity index (χ1v) is 17.8. The Kier molecular flexibility index (Phi) is 8.69. The quantitative estimate of drug-likeness (QED) is 0.212. The lowest BCUT2D eigenvalue weighted by atomic mass is 9.43. The van der Waals surface area contributed by atoms with Crippen molar-refractivity contribution in [1.82, 2.24) is 0 Å². The molecule has 0 radical (unpaired) electrons. The Bertz CT molecular complexity index is 1400. The molecule has 4 aliphatic carbocycles. The lowest BCUT2D eigenvalue weighted by Gasteiger charge is -2.65. The van der Waals surface area contributed by atoms with Crippen molar-refractivity contribution in [2.45, 2.75) is 121 Å². The van der Waals surface area contributed by atoms with Crippen LogP contribution in [0.5, 0.6) is 5.75 Å². The molecule has 1 N–H and O–H groups in total. The number of unbranched alkanes of at least 4 members (excludes halogenated alkanes) is 2. The maximum atomic E-state index is 12.7. The van der Waals surface area contributed by atoms with Gasteiger partial charge >= 0.3 is 17.9 Å². The number of cyclic esters (lactones) is 1. The molecule has 7 rings (SSSR count). The fourth-order valence-electron chi connectivity index (χ4n) is 11.1. The number of hydrogen-bond acceptors (Lipinski definition) is 8. The molecule has 1 unspecified atom stereocenters. The van der Waals surface area contributed by atoms with Gasteiger partial charge in [0.15, 0.2) is 6.29 Å². The van der Waals surface area contributed by atoms with Crippen molar-refractivity contribution in [1.29, 1.82) is 0 Å². The van der Waals surface area contributed by atoms with Gasteiger partial charge in [-0.05, 0) is 98.7 Å². The van der Waals surface area contributed by atoms with Gasteiger partial charge in [-0.3, -0.25) is 9.59 Å². The third-order valence-corrected chi connectivity index (χ3v) is 13.4. The van der Waals surface area contributed by atoms with Crippen LogP contribution in [0.2, 0.25) is 0 Å². The second kappa shape index (κ2) is 12.5. The molecule has 256 valence electrons. The Hall–Kier alpha value is -2.91. The fraction of sp³-hybridized carbons (Fsp3) is 0.711. The van der Waals surface area contributed by atoms with Gasteiger partial charge in [0, 0.05) is 42.2 Å². The molecule has 1 aromatic rings. The van der Waals surface area contributed by atoms with Crippen LogP contribution in [0.15, 0.2) is 35.9 Å². The molecule has 2 bridgehead atoms. The molecule has 2 heterocycles. The Morgan fingerprint density at radius 3 is 2.49 bits per heavy atom. The van der Waals surface area contributed by atoms with E-state index in [0.717, 1.165) is 74.7 Å². The topological polar surface area (TPSA) is 118 Å². The molecule has 1 aromatic carbocycles. The standard InChI is InChI=1S/C38H50O9/c1-36-17-15-27(45-32(41)8-6-4-5-7-31(39)40)20-25(36)11-14-29-28(36)16-18-37(2)34(24-19-33(42)44-22-24)30-21-38(29,37)47-35(46-30)23-9-12-26(43-3)13-10-23/h9-10,12-13,19,25,27-30,34-35H,4-8,11,14-18,20-22H2,1-3H3,(H,39,40)/t25-,27+,28+,29-,30+,34+,35?,36+,37-,38+/m1/s1. The van der Waals surface area contributed by atoms with Gasteiger partial charge in [0.05, 0.1) is 18.8 Å². The molecule has 1 saturated heterocycles. The van der Waals surface area contributed by atoms with Crippen LogP contribution in [0.25, 0.3) is 0 Å². The average Bonchev–Trinajstić information content (AvgIpc) is 3.55. The Labute approximate surface area is 277 Å². The molecule has 1 spiro atoms. The number of fused-ring (bicyclic) bond motifs is 4. The number of carboxylic acids is 1. The molecule has 0 amide bonds. The van der Waals surface area contributed by atoms with E-state index in [-0.39, 0.29) is 47.3 Å². The van der Waals surface area contributed by atoms with Crippen molar-refractivity contribution >= 4 is 17.9 Å². The van der Waals surface area contributed by atoms with Crippen LogP contribution in [0.4, 0.5) is 0 Å². The minimum atomic E-state index is -0.792. The van der Waals surface area contributed by atoms with Crippen molar-refractivity contribution < 1.29 is 43.2 Å². The van der Waals surface area contributed by atoms with Crippen LogP contribution in [-0.4, -0.2) is 54.5 Å². The zero-order valence-corrected chi connectivity index (χ0v) is 28.0. The van der Waals surface area contributed by atoms with Crippen LogP contribution in [0.3, 0.4) is 0 Å². The molecule has 9 nitrogen and oxygen atoms in total. The maximum Gasteiger partial charge on any atom is 0.331 e. The summed E-state index contributed by atoms with van der Waals surface area (Å²) in [5.74, 6) is 0.989. The maximum absolute atomic E-state index is 12.7. The van der Waals surface area contributed by atoms with Gasteiger partial charge in [-0.2, -0.15) is 0 Å². The number of ether oxygens (including phenoxy) is 5. The summed E-state index contributed by atoms with van der Waals surface area (Å²) in [5.41, 5.74) is 1.58. The summed E-state index contributed by atoms with van der Waals surface area (Å²) >= 11 is 0. The highest BCUT2D eigenvalue weighted by Gasteiger charge is 2.74. The van der Waals surface area contributed by atoms with E-state index >= 15 is 0 Å². The molecule has 9 heteroatoms. The summed E-state index contributed by atoms with van der Waals surface area (Å²) in [4.78, 5) is 35.7. The van der Waals surface area contributed by atoms with Crippen LogP contribution < -0.4 is 4.74 Å². The van der Waals surface area contributed by atoms with Crippen molar-refractivity contribution in [3.63, 3.8) is 0 Å². The predicted octanol–water partition coefficient (Wildman–Crippen LogP) is 6.93. The first kappa shape index (κ1) is 32.6. The number of methoxy groups -OCH3 is 1. The van der Waals surface area contributed by atoms with Gasteiger partial charge in [0.2, 0.25) is 0 Å². The lowest BCUT2D eigenvalue weighted by molar-refractivity contribution is -0.319. The van der Waals surface area contributed by atoms with E-state index in [2.05, 4.69) is 13.8 Å². The minimum absolute atomic E-state index is 0.0472. The first-order chi connectivity index (χ1) is 22.6. The molecule has 47 heavy (non-hydrogen) atoms. The Morgan fingerprint density at radius 1 is 0.979 bits per heavy atom. The predicted molar refractivity (Wildman–Crippen MR) is 171 cm³/mol. The van der Waals surface area contributed by atoms with Gasteiger partial charge in [0.25, 0.3) is 0 Å². The average molecular weight is 651 g/mol. The van der Waals surface area contributed by atoms with Gasteiger partial charge in [-0.15, -0.1) is 0 Å². The molecule has 6 aliphatic rings. The summed E-state index contributed by atoms with van der Waals surface area (Å²) in [5, 5.41) is 8.84. The number of aliphatic carboxylic acids is 1. The van der Waals surface area contributed by atoms with E-state index < -0.39 is 17.9 Å². The number of rotatable bonds is 10. The second-order valence-electron chi connectivity index (χ2n) is 15.6. The number of hydrogen-bond donors (Lipinski definition) is 1. The lowest BCUT2D eigenvalue weighted by Crippen LogP contribution is -2.63. The second-order valence-corrected chi connectivity index (χ2v) is 15.6. The molecule has 5 fully saturated rings. The van der Waals surface area contributed by atoms with Crippen LogP contribution in [0.1, 0.15) is 109 Å². The van der Waals surface area contributed by atoms with Gasteiger partial charge in [0.1, 0.15) is 18.5 Å². The Balaban J connectivity index is 1.10. The van der Waals surface area contributed by atoms with E-state index in [1.54, 1.807) is 13.2 Å². The van der Waals surface area contributed by atoms with Gasteiger partial charge in [-0.1, -0.05) is 32.4 Å². The van der Waals surface area contributed by atoms with E-state index in [1.165, 1.54) is 0 Å². The molecule has 10 atom stereocenters. The van der Waals surface area contributed by atoms with E-state index in [0.29, 0.717) is 43.6 Å². The summed E-state index contributed by atoms with van der Waals surface area (Å²) in [6.45, 7) is 5.22. The number of benzene rings is 1. The fourth-order valence-corrected chi connectivity index (χ4v) is 11.1. The monoisotopic (exact) mass is 650 g/mol. The highest BCUT2D eigenvalue weighted by molar-refractivity contribution is 5.85. The van der Waals surface area contributed by atoms with Crippen LogP contribution in [0, 0.1) is 34.5 Å². The number of carbonyl (C=O) groups is 3. The van der Waals surface area contributed by atoms with Crippen LogP contribution >= 0.6 is 0 Å². The zero-order chi connectivity index (χ0) is 33.0. The first-order valence-electron chi connectivity index (χ1n) is 17.8. The highest BCUT2D eigenvalue weighted by Crippen LogP contribution is 2.73. The molecule has 2 aliphatic heterocycles. The molecule has 4 saturated carbocycles. The van der Waals surface area contributed by atoms with Crippen molar-refractivity contribution in [2.24, 2.45) is 34.5 Å². The van der Waals surface area contributed by atoms with E-state index in [1.807, 2.05) is 24.3 Å². The summed E-state index contributed by atoms with van der Waals surface area (Å²) in [6, 6.07) is 7.99. The number of carbonyl (C=O) groups excluding carboxylic acids is 2. The van der Waals surface area contributed by atoms with Crippen LogP contribution in [-0.2, 0) is 33.3 Å². The van der Waals surface area contributed by atoms with Crippen molar-refractivity contribution in [2.75, 3.05) is 13.7 Å². The van der Waals surface area contributed by atoms with Gasteiger partial charge < -0.3 is 28.8 Å². The number of esters is 2. The zero-order valence-electron chi connectivity index (χ0n) is 28.0. The molecular formula is C38H50O9. The molecule has 0 aromatic heterocycles. The van der Waals surface area contributed by atoms with E-state index in [9.17, 15) is 14.4 Å². The summed E-state index contributed by atoms with van der Waals surface area (Å²) < 4.78 is 31.1. The smallest absolute Gasteiger partial charge is 0.331 e. The Morgan fingerprint density at radius 2 is 1.77 bits per heavy atom. The van der Waals surface area contributed by atoms with Gasteiger partial charge in [-0.25, -0.2) is 4.79 Å². The summed E-state index contributed by atoms with van der Waals surface area (Å²) in [7, 11) is 1.67. The van der Waals surface area contributed by atoms with Crippen molar-refractivity contribution in [3.8, 4) is 5.75 Å². The summed E-state index contributed by atoms with van der Waals surface area (Å²) in [6.07, 6.45) is 11.5. The highest BCUT2D eigenvalue weighted by atomic mass is 16.7. The third kappa shape index (κ3) is 5.59. The van der Waals surface area contributed by atoms with Crippen molar-refractivity contribution in [3.05, 3.63) is 41.5 Å². The molecular weight excluding hydrogens is 600 g/mol. The SMILES string of the molecule is COc1ccc(C2O[C@H]3C[C@]4(O2)[C@@H]2CC[C@@H]5C[C@@H](OC(=O)CCCCCC(=O)O)CC[C@]5(C)[C@H]2CC[C@]4(C)[C@H]3C2=CC(=O)OC2)cc1.